The average Bonchev–Trinajstić information content (AvgIpc) is 2.92. The molecule has 6 heteroatoms. The van der Waals surface area contributed by atoms with Crippen molar-refractivity contribution < 1.29 is 4.79 Å². The molecule has 0 aliphatic carbocycles. The second kappa shape index (κ2) is 7.55. The number of thiazole rings is 1. The van der Waals surface area contributed by atoms with Crippen molar-refractivity contribution in [1.82, 2.24) is 4.98 Å². The van der Waals surface area contributed by atoms with Gasteiger partial charge in [-0.05, 0) is 43.2 Å². The van der Waals surface area contributed by atoms with Crippen molar-refractivity contribution in [3.05, 3.63) is 57.6 Å². The molecule has 23 heavy (non-hydrogen) atoms. The molecule has 3 aromatic rings. The van der Waals surface area contributed by atoms with Crippen molar-refractivity contribution >= 4 is 65.4 Å². The van der Waals surface area contributed by atoms with E-state index in [4.69, 9.17) is 0 Å². The van der Waals surface area contributed by atoms with Crippen LogP contribution in [0.2, 0.25) is 0 Å². The van der Waals surface area contributed by atoms with E-state index in [1.54, 1.807) is 11.3 Å². The topological polar surface area (TPSA) is 42.0 Å². The third kappa shape index (κ3) is 4.00. The Bertz CT molecular complexity index is 861. The summed E-state index contributed by atoms with van der Waals surface area (Å²) in [6.07, 6.45) is 0. The Kier molecular flexibility index (Phi) is 5.95. The smallest absolute Gasteiger partial charge is 0.184 e. The minimum Gasteiger partial charge on any atom is -0.354 e. The lowest BCUT2D eigenvalue weighted by Gasteiger charge is -2.02. The molecule has 0 aliphatic heterocycles. The van der Waals surface area contributed by atoms with Gasteiger partial charge in [0, 0.05) is 10.0 Å². The normalized spacial score (nSPS) is 10.4. The molecular weight excluding hydrogens is 440 g/mol. The number of benzene rings is 2. The molecule has 0 bridgehead atoms. The van der Waals surface area contributed by atoms with Crippen LogP contribution in [-0.4, -0.2) is 17.3 Å². The molecule has 0 amide bonds. The molecule has 2 aromatic carbocycles. The molecule has 0 unspecified atom stereocenters. The number of hydrogen-bond donors (Lipinski definition) is 1. The van der Waals surface area contributed by atoms with Crippen molar-refractivity contribution in [3.63, 3.8) is 0 Å². The number of ketones is 1. The van der Waals surface area contributed by atoms with Gasteiger partial charge in [-0.2, -0.15) is 0 Å². The van der Waals surface area contributed by atoms with Crippen LogP contribution in [0.3, 0.4) is 0 Å². The van der Waals surface area contributed by atoms with Crippen LogP contribution in [0.15, 0.2) is 40.9 Å². The molecule has 0 fully saturated rings. The summed E-state index contributed by atoms with van der Waals surface area (Å²) in [5.41, 5.74) is 4.13. The second-order valence-corrected chi connectivity index (χ2v) is 7.11. The minimum atomic E-state index is 0. The molecule has 0 saturated heterocycles. The molecule has 3 nitrogen and oxygen atoms in total. The fourth-order valence-corrected chi connectivity index (χ4v) is 3.54. The molecule has 1 N–H and O–H groups in total. The number of aromatic nitrogens is 1. The SMILES string of the molecule is Br.Cc1ccc2sc(NCC(=O)c3cccc(Br)c3)nc2c1C. The van der Waals surface area contributed by atoms with Gasteiger partial charge in [-0.3, -0.25) is 4.79 Å². The first kappa shape index (κ1) is 18.1. The van der Waals surface area contributed by atoms with Gasteiger partial charge in [0.05, 0.1) is 16.8 Å². The molecule has 120 valence electrons. The summed E-state index contributed by atoms with van der Waals surface area (Å²) < 4.78 is 2.05. The Morgan fingerprint density at radius 3 is 2.78 bits per heavy atom. The van der Waals surface area contributed by atoms with E-state index in [9.17, 15) is 4.79 Å². The van der Waals surface area contributed by atoms with Gasteiger partial charge in [-0.15, -0.1) is 17.0 Å². The van der Waals surface area contributed by atoms with Crippen molar-refractivity contribution in [2.45, 2.75) is 13.8 Å². The van der Waals surface area contributed by atoms with Crippen molar-refractivity contribution in [2.24, 2.45) is 0 Å². The molecular formula is C17H16Br2N2OS. The van der Waals surface area contributed by atoms with Gasteiger partial charge < -0.3 is 5.32 Å². The van der Waals surface area contributed by atoms with Gasteiger partial charge in [0.2, 0.25) is 0 Å². The highest BCUT2D eigenvalue weighted by molar-refractivity contribution is 9.10. The number of anilines is 1. The Morgan fingerprint density at radius 2 is 2.04 bits per heavy atom. The number of nitrogens with one attached hydrogen (secondary N) is 1. The van der Waals surface area contributed by atoms with Gasteiger partial charge >= 0.3 is 0 Å². The number of rotatable bonds is 4. The Labute approximate surface area is 158 Å². The number of carbonyl (C=O) groups excluding carboxylic acids is 1. The summed E-state index contributed by atoms with van der Waals surface area (Å²) in [5.74, 6) is 0.0495. The largest absolute Gasteiger partial charge is 0.354 e. The lowest BCUT2D eigenvalue weighted by atomic mass is 10.1. The maximum atomic E-state index is 12.2. The summed E-state index contributed by atoms with van der Waals surface area (Å²) in [6.45, 7) is 4.40. The highest BCUT2D eigenvalue weighted by Gasteiger charge is 2.10. The summed E-state index contributed by atoms with van der Waals surface area (Å²) in [7, 11) is 0. The second-order valence-electron chi connectivity index (χ2n) is 5.16. The molecule has 0 aliphatic rings. The summed E-state index contributed by atoms with van der Waals surface area (Å²) >= 11 is 4.96. The number of Topliss-reactive ketones (excluding diaryl/α,β-unsaturated/α-hetero) is 1. The quantitative estimate of drug-likeness (QED) is 0.524. The molecule has 1 heterocycles. The molecule has 0 spiro atoms. The standard InChI is InChI=1S/C17H15BrN2OS.BrH/c1-10-6-7-15-16(11(10)2)20-17(22-15)19-9-14(21)12-4-3-5-13(18)8-12;/h3-8H,9H2,1-2H3,(H,19,20);1H. The van der Waals surface area contributed by atoms with Gasteiger partial charge in [0.1, 0.15) is 0 Å². The summed E-state index contributed by atoms with van der Waals surface area (Å²) in [6, 6.07) is 11.6. The average molecular weight is 456 g/mol. The van der Waals surface area contributed by atoms with E-state index in [2.05, 4.69) is 52.2 Å². The van der Waals surface area contributed by atoms with Crippen LogP contribution < -0.4 is 5.32 Å². The summed E-state index contributed by atoms with van der Waals surface area (Å²) in [5, 5.41) is 3.93. The van der Waals surface area contributed by atoms with Crippen LogP contribution in [-0.2, 0) is 0 Å². The number of carbonyl (C=O) groups is 1. The summed E-state index contributed by atoms with van der Waals surface area (Å²) in [4.78, 5) is 16.8. The van der Waals surface area contributed by atoms with Gasteiger partial charge in [0.25, 0.3) is 0 Å². The molecule has 3 rings (SSSR count). The number of fused-ring (bicyclic) bond motifs is 1. The van der Waals surface area contributed by atoms with E-state index in [1.807, 2.05) is 24.3 Å². The number of nitrogens with zero attached hydrogens (tertiary/aromatic N) is 1. The Hall–Kier alpha value is -1.24. The van der Waals surface area contributed by atoms with Crippen LogP contribution in [0.4, 0.5) is 5.13 Å². The maximum Gasteiger partial charge on any atom is 0.184 e. The van der Waals surface area contributed by atoms with Crippen LogP contribution >= 0.6 is 44.2 Å². The number of hydrogen-bond acceptors (Lipinski definition) is 4. The maximum absolute atomic E-state index is 12.2. The lowest BCUT2D eigenvalue weighted by Crippen LogP contribution is -2.13. The number of aryl methyl sites for hydroxylation is 2. The third-order valence-corrected chi connectivity index (χ3v) is 5.10. The van der Waals surface area contributed by atoms with Crippen LogP contribution in [0.1, 0.15) is 21.5 Å². The first-order valence-corrected chi connectivity index (χ1v) is 8.55. The van der Waals surface area contributed by atoms with Gasteiger partial charge in [-0.25, -0.2) is 4.98 Å². The van der Waals surface area contributed by atoms with Crippen LogP contribution in [0.25, 0.3) is 10.2 Å². The zero-order chi connectivity index (χ0) is 15.7. The molecule has 1 aromatic heterocycles. The van der Waals surface area contributed by atoms with E-state index in [1.165, 1.54) is 11.1 Å². The molecule has 0 radical (unpaired) electrons. The Balaban J connectivity index is 0.00000192. The van der Waals surface area contributed by atoms with Crippen molar-refractivity contribution in [2.75, 3.05) is 11.9 Å². The first-order valence-electron chi connectivity index (χ1n) is 6.94. The predicted molar refractivity (Wildman–Crippen MR) is 106 cm³/mol. The van der Waals surface area contributed by atoms with E-state index >= 15 is 0 Å². The van der Waals surface area contributed by atoms with E-state index in [0.717, 1.165) is 19.8 Å². The molecule has 0 atom stereocenters. The number of halogens is 2. The van der Waals surface area contributed by atoms with Crippen molar-refractivity contribution in [1.29, 1.82) is 0 Å². The Morgan fingerprint density at radius 1 is 1.26 bits per heavy atom. The van der Waals surface area contributed by atoms with Gasteiger partial charge in [-0.1, -0.05) is 45.5 Å². The van der Waals surface area contributed by atoms with Crippen LogP contribution in [0, 0.1) is 13.8 Å². The van der Waals surface area contributed by atoms with Crippen LogP contribution in [0.5, 0.6) is 0 Å². The van der Waals surface area contributed by atoms with E-state index < -0.39 is 0 Å². The zero-order valence-corrected chi connectivity index (χ0v) is 16.8. The monoisotopic (exact) mass is 454 g/mol. The fraction of sp³-hybridized carbons (Fsp3) is 0.176. The van der Waals surface area contributed by atoms with E-state index in [-0.39, 0.29) is 29.3 Å². The minimum absolute atomic E-state index is 0. The highest BCUT2D eigenvalue weighted by atomic mass is 79.9. The predicted octanol–water partition coefficient (Wildman–Crippen LogP) is 5.55. The third-order valence-electron chi connectivity index (χ3n) is 3.63. The highest BCUT2D eigenvalue weighted by Crippen LogP contribution is 2.29. The fourth-order valence-electron chi connectivity index (χ4n) is 2.22. The first-order chi connectivity index (χ1) is 10.5. The van der Waals surface area contributed by atoms with Gasteiger partial charge in [0.15, 0.2) is 10.9 Å². The zero-order valence-electron chi connectivity index (χ0n) is 12.7. The van der Waals surface area contributed by atoms with Crippen molar-refractivity contribution in [3.8, 4) is 0 Å². The molecule has 0 saturated carbocycles. The lowest BCUT2D eigenvalue weighted by molar-refractivity contribution is 0.101. The van der Waals surface area contributed by atoms with E-state index in [0.29, 0.717) is 5.56 Å².